The van der Waals surface area contributed by atoms with Crippen LogP contribution in [0.1, 0.15) is 33.8 Å². The fourth-order valence-electron chi connectivity index (χ4n) is 2.79. The average Bonchev–Trinajstić information content (AvgIpc) is 3.25. The number of halogens is 1. The van der Waals surface area contributed by atoms with Crippen LogP contribution in [0.2, 0.25) is 5.02 Å². The van der Waals surface area contributed by atoms with Gasteiger partial charge in [0, 0.05) is 28.8 Å². The molecule has 3 rings (SSSR count). The van der Waals surface area contributed by atoms with Gasteiger partial charge in [-0.05, 0) is 41.8 Å². The molecule has 2 aromatic rings. The van der Waals surface area contributed by atoms with Crippen LogP contribution in [0.3, 0.4) is 0 Å². The number of carbonyl (C=O) groups excluding carboxylic acids is 1. The van der Waals surface area contributed by atoms with Crippen LogP contribution < -0.4 is 5.32 Å². The molecule has 126 valence electrons. The summed E-state index contributed by atoms with van der Waals surface area (Å²) in [7, 11) is -3.12. The van der Waals surface area contributed by atoms with Gasteiger partial charge < -0.3 is 5.32 Å². The van der Waals surface area contributed by atoms with Crippen LogP contribution in [0.4, 0.5) is 0 Å². The van der Waals surface area contributed by atoms with E-state index in [2.05, 4.69) is 5.32 Å². The number of carbonyl (C=O) groups is 1. The molecule has 1 aliphatic carbocycles. The van der Waals surface area contributed by atoms with Gasteiger partial charge in [0.05, 0.1) is 5.75 Å². The van der Waals surface area contributed by atoms with E-state index in [9.17, 15) is 13.2 Å². The predicted molar refractivity (Wildman–Crippen MR) is 95.1 cm³/mol. The standard InChI is InChI=1S/C18H18ClNO3S/c1-24(22,23)11-12-3-2-4-14(9-12)18(21)20-17-10-16(17)13-5-7-15(19)8-6-13/h2-9,16-17H,10-11H2,1H3,(H,20,21)/t16-,17+/m0/s1. The number of benzene rings is 2. The Hall–Kier alpha value is -1.85. The molecule has 0 heterocycles. The number of nitrogens with one attached hydrogen (secondary N) is 1. The molecule has 4 nitrogen and oxygen atoms in total. The molecular weight excluding hydrogens is 346 g/mol. The maximum absolute atomic E-state index is 12.4. The Kier molecular flexibility index (Phi) is 4.65. The number of sulfone groups is 1. The van der Waals surface area contributed by atoms with Gasteiger partial charge in [0.2, 0.25) is 0 Å². The van der Waals surface area contributed by atoms with Gasteiger partial charge in [-0.1, -0.05) is 35.9 Å². The zero-order valence-electron chi connectivity index (χ0n) is 13.2. The molecule has 1 amide bonds. The van der Waals surface area contributed by atoms with Gasteiger partial charge in [-0.15, -0.1) is 0 Å². The summed E-state index contributed by atoms with van der Waals surface area (Å²) in [5.74, 6) is 0.0718. The maximum atomic E-state index is 12.4. The van der Waals surface area contributed by atoms with E-state index in [0.717, 1.165) is 12.0 Å². The molecule has 1 fully saturated rings. The van der Waals surface area contributed by atoms with Gasteiger partial charge in [0.25, 0.3) is 5.91 Å². The molecule has 2 aromatic carbocycles. The summed E-state index contributed by atoms with van der Waals surface area (Å²) in [5, 5.41) is 3.70. The Labute approximate surface area is 146 Å². The van der Waals surface area contributed by atoms with Gasteiger partial charge in [-0.25, -0.2) is 8.42 Å². The zero-order chi connectivity index (χ0) is 17.3. The number of hydrogen-bond donors (Lipinski definition) is 1. The minimum atomic E-state index is -3.12. The monoisotopic (exact) mass is 363 g/mol. The molecule has 24 heavy (non-hydrogen) atoms. The number of hydrogen-bond acceptors (Lipinski definition) is 3. The fraction of sp³-hybridized carbons (Fsp3) is 0.278. The highest BCUT2D eigenvalue weighted by Gasteiger charge is 2.39. The highest BCUT2D eigenvalue weighted by atomic mass is 35.5. The highest BCUT2D eigenvalue weighted by molar-refractivity contribution is 7.89. The lowest BCUT2D eigenvalue weighted by atomic mass is 10.1. The molecule has 0 spiro atoms. The lowest BCUT2D eigenvalue weighted by Crippen LogP contribution is -2.26. The second-order valence-electron chi connectivity index (χ2n) is 6.24. The SMILES string of the molecule is CS(=O)(=O)Cc1cccc(C(=O)N[C@@H]2C[C@H]2c2ccc(Cl)cc2)c1. The minimum absolute atomic E-state index is 0.0645. The molecular formula is C18H18ClNO3S. The van der Waals surface area contributed by atoms with Crippen LogP contribution >= 0.6 is 11.6 Å². The molecule has 1 saturated carbocycles. The zero-order valence-corrected chi connectivity index (χ0v) is 14.8. The Morgan fingerprint density at radius 3 is 2.58 bits per heavy atom. The smallest absolute Gasteiger partial charge is 0.251 e. The van der Waals surface area contributed by atoms with Crippen LogP contribution in [0.15, 0.2) is 48.5 Å². The van der Waals surface area contributed by atoms with Gasteiger partial charge in [-0.2, -0.15) is 0 Å². The molecule has 0 bridgehead atoms. The Balaban J connectivity index is 1.64. The van der Waals surface area contributed by atoms with Crippen molar-refractivity contribution in [3.8, 4) is 0 Å². The third-order valence-electron chi connectivity index (χ3n) is 4.02. The van der Waals surface area contributed by atoms with E-state index in [1.165, 1.54) is 6.26 Å². The van der Waals surface area contributed by atoms with Crippen molar-refractivity contribution in [1.82, 2.24) is 5.32 Å². The van der Waals surface area contributed by atoms with Crippen molar-refractivity contribution in [2.24, 2.45) is 0 Å². The summed E-state index contributed by atoms with van der Waals surface area (Å²) in [6, 6.07) is 14.5. The fourth-order valence-corrected chi connectivity index (χ4v) is 3.70. The summed E-state index contributed by atoms with van der Waals surface area (Å²) in [4.78, 5) is 12.4. The highest BCUT2D eigenvalue weighted by Crippen LogP contribution is 2.41. The van der Waals surface area contributed by atoms with Crippen molar-refractivity contribution >= 4 is 27.3 Å². The molecule has 1 N–H and O–H groups in total. The van der Waals surface area contributed by atoms with Crippen molar-refractivity contribution < 1.29 is 13.2 Å². The molecule has 0 aliphatic heterocycles. The Morgan fingerprint density at radius 1 is 1.21 bits per heavy atom. The van der Waals surface area contributed by atoms with Gasteiger partial charge >= 0.3 is 0 Å². The average molecular weight is 364 g/mol. The van der Waals surface area contributed by atoms with Crippen LogP contribution in [0, 0.1) is 0 Å². The molecule has 0 radical (unpaired) electrons. The first kappa shape index (κ1) is 17.0. The molecule has 0 saturated heterocycles. The molecule has 6 heteroatoms. The van der Waals surface area contributed by atoms with Crippen molar-refractivity contribution in [2.45, 2.75) is 24.1 Å². The Morgan fingerprint density at radius 2 is 1.92 bits per heavy atom. The van der Waals surface area contributed by atoms with Crippen LogP contribution in [0.5, 0.6) is 0 Å². The van der Waals surface area contributed by atoms with E-state index in [1.807, 2.05) is 24.3 Å². The lowest BCUT2D eigenvalue weighted by Gasteiger charge is -2.07. The molecule has 0 unspecified atom stereocenters. The van der Waals surface area contributed by atoms with Gasteiger partial charge in [0.15, 0.2) is 9.84 Å². The second-order valence-corrected chi connectivity index (χ2v) is 8.82. The summed E-state index contributed by atoms with van der Waals surface area (Å²) < 4.78 is 22.8. The molecule has 0 aromatic heterocycles. The van der Waals surface area contributed by atoms with Gasteiger partial charge in [-0.3, -0.25) is 4.79 Å². The minimum Gasteiger partial charge on any atom is -0.349 e. The van der Waals surface area contributed by atoms with E-state index in [1.54, 1.807) is 24.3 Å². The van der Waals surface area contributed by atoms with E-state index in [-0.39, 0.29) is 17.7 Å². The summed E-state index contributed by atoms with van der Waals surface area (Å²) in [5.41, 5.74) is 2.27. The van der Waals surface area contributed by atoms with E-state index in [0.29, 0.717) is 22.1 Å². The molecule has 1 aliphatic rings. The lowest BCUT2D eigenvalue weighted by molar-refractivity contribution is 0.0950. The van der Waals surface area contributed by atoms with Crippen molar-refractivity contribution in [3.05, 3.63) is 70.2 Å². The third kappa shape index (κ3) is 4.36. The first-order chi connectivity index (χ1) is 11.3. The Bertz CT molecular complexity index is 862. The topological polar surface area (TPSA) is 63.2 Å². The number of rotatable bonds is 5. The van der Waals surface area contributed by atoms with Crippen LogP contribution in [-0.4, -0.2) is 26.6 Å². The normalized spacial score (nSPS) is 19.8. The van der Waals surface area contributed by atoms with E-state index >= 15 is 0 Å². The third-order valence-corrected chi connectivity index (χ3v) is 5.13. The van der Waals surface area contributed by atoms with Crippen molar-refractivity contribution in [1.29, 1.82) is 0 Å². The van der Waals surface area contributed by atoms with Crippen LogP contribution in [0.25, 0.3) is 0 Å². The summed E-state index contributed by atoms with van der Waals surface area (Å²) >= 11 is 5.89. The largest absolute Gasteiger partial charge is 0.349 e. The second kappa shape index (κ2) is 6.57. The van der Waals surface area contributed by atoms with E-state index < -0.39 is 9.84 Å². The molecule has 2 atom stereocenters. The van der Waals surface area contributed by atoms with Crippen molar-refractivity contribution in [2.75, 3.05) is 6.26 Å². The summed E-state index contributed by atoms with van der Waals surface area (Å²) in [6.07, 6.45) is 2.08. The maximum Gasteiger partial charge on any atom is 0.251 e. The number of amides is 1. The van der Waals surface area contributed by atoms with Crippen LogP contribution in [-0.2, 0) is 15.6 Å². The first-order valence-corrected chi connectivity index (χ1v) is 10.1. The quantitative estimate of drug-likeness (QED) is 0.887. The first-order valence-electron chi connectivity index (χ1n) is 7.65. The summed E-state index contributed by atoms with van der Waals surface area (Å²) in [6.45, 7) is 0. The van der Waals surface area contributed by atoms with Gasteiger partial charge in [0.1, 0.15) is 0 Å². The van der Waals surface area contributed by atoms with E-state index in [4.69, 9.17) is 11.6 Å². The predicted octanol–water partition coefficient (Wildman–Crippen LogP) is 3.17. The van der Waals surface area contributed by atoms with Crippen molar-refractivity contribution in [3.63, 3.8) is 0 Å².